The minimum atomic E-state index is 0.383. The summed E-state index contributed by atoms with van der Waals surface area (Å²) in [5, 5.41) is 5.99. The molecule has 0 aliphatic carbocycles. The highest BCUT2D eigenvalue weighted by Gasteiger charge is 2.08. The molecule has 0 aliphatic heterocycles. The van der Waals surface area contributed by atoms with Crippen LogP contribution in [-0.4, -0.2) is 20.3 Å². The van der Waals surface area contributed by atoms with Crippen molar-refractivity contribution < 1.29 is 9.47 Å². The first-order chi connectivity index (χ1) is 15.2. The lowest BCUT2D eigenvalue weighted by atomic mass is 9.97. The van der Waals surface area contributed by atoms with E-state index >= 15 is 0 Å². The Balaban J connectivity index is 1.33. The first kappa shape index (κ1) is 20.8. The van der Waals surface area contributed by atoms with Gasteiger partial charge in [0.1, 0.15) is 11.5 Å². The highest BCUT2D eigenvalue weighted by molar-refractivity contribution is 5.84. The van der Waals surface area contributed by atoms with Crippen LogP contribution in [0.5, 0.6) is 11.5 Å². The number of hydrogen-bond donors (Lipinski definition) is 1. The van der Waals surface area contributed by atoms with Crippen LogP contribution in [0.1, 0.15) is 24.0 Å². The van der Waals surface area contributed by atoms with Crippen LogP contribution >= 0.6 is 0 Å². The normalized spacial score (nSPS) is 11.8. The number of hydrogen-bond acceptors (Lipinski definition) is 3. The maximum Gasteiger partial charge on any atom is 0.121 e. The van der Waals surface area contributed by atoms with E-state index in [4.69, 9.17) is 9.47 Å². The molecule has 4 rings (SSSR count). The zero-order valence-corrected chi connectivity index (χ0v) is 18.2. The Kier molecular flexibility index (Phi) is 6.73. The number of anilines is 1. The van der Waals surface area contributed by atoms with Crippen LogP contribution in [0.4, 0.5) is 5.69 Å². The van der Waals surface area contributed by atoms with Gasteiger partial charge in [-0.2, -0.15) is 0 Å². The number of methoxy groups -OCH3 is 1. The molecule has 3 nitrogen and oxygen atoms in total. The van der Waals surface area contributed by atoms with E-state index in [1.165, 1.54) is 21.9 Å². The zero-order chi connectivity index (χ0) is 21.5. The van der Waals surface area contributed by atoms with E-state index in [0.29, 0.717) is 12.5 Å². The fraction of sp³-hybridized carbons (Fsp3) is 0.214. The molecule has 31 heavy (non-hydrogen) atoms. The van der Waals surface area contributed by atoms with Gasteiger partial charge in [-0.15, -0.1) is 0 Å². The average molecular weight is 412 g/mol. The molecule has 0 fully saturated rings. The first-order valence-corrected chi connectivity index (χ1v) is 10.8. The smallest absolute Gasteiger partial charge is 0.121 e. The largest absolute Gasteiger partial charge is 0.497 e. The van der Waals surface area contributed by atoms with Crippen molar-refractivity contribution in [3.63, 3.8) is 0 Å². The molecule has 3 heteroatoms. The van der Waals surface area contributed by atoms with Crippen molar-refractivity contribution in [2.75, 3.05) is 25.6 Å². The highest BCUT2D eigenvalue weighted by atomic mass is 16.5. The van der Waals surface area contributed by atoms with E-state index in [-0.39, 0.29) is 0 Å². The van der Waals surface area contributed by atoms with Gasteiger partial charge in [-0.25, -0.2) is 0 Å². The van der Waals surface area contributed by atoms with Gasteiger partial charge < -0.3 is 14.8 Å². The van der Waals surface area contributed by atoms with E-state index in [2.05, 4.69) is 79.0 Å². The summed E-state index contributed by atoms with van der Waals surface area (Å²) in [6.07, 6.45) is 0.906. The van der Waals surface area contributed by atoms with Crippen LogP contribution in [0.15, 0.2) is 91.0 Å². The molecular weight excluding hydrogens is 382 g/mol. The van der Waals surface area contributed by atoms with Gasteiger partial charge in [-0.3, -0.25) is 0 Å². The van der Waals surface area contributed by atoms with E-state index in [1.807, 2.05) is 24.3 Å². The summed E-state index contributed by atoms with van der Waals surface area (Å²) < 4.78 is 11.3. The van der Waals surface area contributed by atoms with Crippen molar-refractivity contribution >= 4 is 16.5 Å². The number of nitrogens with one attached hydrogen (secondary N) is 1. The summed E-state index contributed by atoms with van der Waals surface area (Å²) in [5.74, 6) is 2.17. The molecule has 1 N–H and O–H groups in total. The zero-order valence-electron chi connectivity index (χ0n) is 18.2. The van der Waals surface area contributed by atoms with Crippen LogP contribution < -0.4 is 14.8 Å². The topological polar surface area (TPSA) is 30.5 Å². The molecule has 0 bridgehead atoms. The minimum Gasteiger partial charge on any atom is -0.497 e. The van der Waals surface area contributed by atoms with Crippen molar-refractivity contribution in [3.8, 4) is 11.5 Å². The second kappa shape index (κ2) is 10.0. The molecule has 0 aliphatic rings. The molecule has 1 atom stereocenters. The molecule has 4 aromatic rings. The van der Waals surface area contributed by atoms with E-state index in [9.17, 15) is 0 Å². The predicted molar refractivity (Wildman–Crippen MR) is 129 cm³/mol. The Morgan fingerprint density at radius 3 is 2.42 bits per heavy atom. The quantitative estimate of drug-likeness (QED) is 0.333. The Labute approximate surface area is 184 Å². The van der Waals surface area contributed by atoms with Crippen molar-refractivity contribution in [1.29, 1.82) is 0 Å². The van der Waals surface area contributed by atoms with Gasteiger partial charge in [0.25, 0.3) is 0 Å². The fourth-order valence-electron chi connectivity index (χ4n) is 3.69. The third kappa shape index (κ3) is 5.58. The maximum atomic E-state index is 5.96. The third-order valence-electron chi connectivity index (χ3n) is 5.59. The first-order valence-electron chi connectivity index (χ1n) is 10.8. The Morgan fingerprint density at radius 2 is 1.58 bits per heavy atom. The monoisotopic (exact) mass is 411 g/mol. The number of benzene rings is 4. The van der Waals surface area contributed by atoms with Crippen molar-refractivity contribution in [2.45, 2.75) is 19.3 Å². The van der Waals surface area contributed by atoms with Crippen LogP contribution in [0, 0.1) is 0 Å². The van der Waals surface area contributed by atoms with Crippen LogP contribution in [0.25, 0.3) is 10.8 Å². The predicted octanol–water partition coefficient (Wildman–Crippen LogP) is 6.69. The van der Waals surface area contributed by atoms with Crippen molar-refractivity contribution in [1.82, 2.24) is 0 Å². The minimum absolute atomic E-state index is 0.383. The summed E-state index contributed by atoms with van der Waals surface area (Å²) in [6, 6.07) is 31.5. The maximum absolute atomic E-state index is 5.96. The summed E-state index contributed by atoms with van der Waals surface area (Å²) in [6.45, 7) is 3.78. The molecule has 0 radical (unpaired) electrons. The number of rotatable bonds is 9. The lowest BCUT2D eigenvalue weighted by Crippen LogP contribution is -2.10. The number of ether oxygens (including phenoxy) is 2. The Bertz CT molecular complexity index is 1120. The molecule has 4 aromatic carbocycles. The third-order valence-corrected chi connectivity index (χ3v) is 5.59. The molecule has 0 heterocycles. The fourth-order valence-corrected chi connectivity index (χ4v) is 3.69. The second-order valence-corrected chi connectivity index (χ2v) is 7.87. The summed E-state index contributed by atoms with van der Waals surface area (Å²) in [4.78, 5) is 0. The lowest BCUT2D eigenvalue weighted by molar-refractivity contribution is 0.322. The van der Waals surface area contributed by atoms with E-state index in [0.717, 1.165) is 30.2 Å². The molecule has 0 saturated heterocycles. The SMILES string of the molecule is COc1ccc2cc(C(C)CNc3cccc(OCCc4ccccc4)c3)ccc2c1. The van der Waals surface area contributed by atoms with Gasteiger partial charge in [-0.1, -0.05) is 67.6 Å². The molecule has 158 valence electrons. The van der Waals surface area contributed by atoms with E-state index < -0.39 is 0 Å². The van der Waals surface area contributed by atoms with Crippen LogP contribution in [0.3, 0.4) is 0 Å². The average Bonchev–Trinajstić information content (AvgIpc) is 2.83. The number of fused-ring (bicyclic) bond motifs is 1. The van der Waals surface area contributed by atoms with E-state index in [1.54, 1.807) is 7.11 Å². The molecule has 0 amide bonds. The van der Waals surface area contributed by atoms with Gasteiger partial charge in [0.05, 0.1) is 13.7 Å². The molecule has 1 unspecified atom stereocenters. The van der Waals surface area contributed by atoms with Crippen LogP contribution in [-0.2, 0) is 6.42 Å². The second-order valence-electron chi connectivity index (χ2n) is 7.87. The standard InChI is InChI=1S/C28H29NO2/c1-21(23-11-12-25-18-27(30-2)14-13-24(25)17-23)20-29-26-9-6-10-28(19-26)31-16-15-22-7-4-3-5-8-22/h3-14,17-19,21,29H,15-16,20H2,1-2H3. The molecule has 0 spiro atoms. The molecular formula is C28H29NO2. The molecule has 0 saturated carbocycles. The van der Waals surface area contributed by atoms with Crippen LogP contribution in [0.2, 0.25) is 0 Å². The Morgan fingerprint density at radius 1 is 0.774 bits per heavy atom. The van der Waals surface area contributed by atoms with Crippen molar-refractivity contribution in [2.24, 2.45) is 0 Å². The van der Waals surface area contributed by atoms with Gasteiger partial charge >= 0.3 is 0 Å². The lowest BCUT2D eigenvalue weighted by Gasteiger charge is -2.16. The van der Waals surface area contributed by atoms with Gasteiger partial charge in [0.2, 0.25) is 0 Å². The van der Waals surface area contributed by atoms with Gasteiger partial charge in [-0.05, 0) is 52.1 Å². The summed E-state index contributed by atoms with van der Waals surface area (Å²) in [7, 11) is 1.70. The molecule has 0 aromatic heterocycles. The van der Waals surface area contributed by atoms with Crippen molar-refractivity contribution in [3.05, 3.63) is 102 Å². The summed E-state index contributed by atoms with van der Waals surface area (Å²) in [5.41, 5.74) is 3.69. The Hall–Kier alpha value is -3.46. The van der Waals surface area contributed by atoms with Gasteiger partial charge in [0, 0.05) is 24.7 Å². The highest BCUT2D eigenvalue weighted by Crippen LogP contribution is 2.26. The summed E-state index contributed by atoms with van der Waals surface area (Å²) >= 11 is 0. The van der Waals surface area contributed by atoms with Gasteiger partial charge in [0.15, 0.2) is 0 Å².